The van der Waals surface area contributed by atoms with E-state index in [4.69, 9.17) is 9.47 Å². The lowest BCUT2D eigenvalue weighted by Gasteiger charge is -2.06. The van der Waals surface area contributed by atoms with Crippen molar-refractivity contribution in [3.63, 3.8) is 0 Å². The first-order chi connectivity index (χ1) is 11.2. The molecule has 0 atom stereocenters. The Morgan fingerprint density at radius 1 is 1.17 bits per heavy atom. The number of halogens is 1. The van der Waals surface area contributed by atoms with Crippen LogP contribution in [0.5, 0.6) is 11.5 Å². The highest BCUT2D eigenvalue weighted by Crippen LogP contribution is 2.16. The minimum Gasteiger partial charge on any atom is -0.493 e. The molecule has 0 aliphatic carbocycles. The summed E-state index contributed by atoms with van der Waals surface area (Å²) in [7, 11) is 0. The minimum atomic E-state index is -0.335. The average Bonchev–Trinajstić information content (AvgIpc) is 2.56. The monoisotopic (exact) mass is 376 g/mol. The smallest absolute Gasteiger partial charge is 0.277 e. The lowest BCUT2D eigenvalue weighted by atomic mass is 10.2. The molecule has 0 saturated carbocycles. The number of nitrogens with zero attached hydrogens (tertiary/aromatic N) is 1. The Morgan fingerprint density at radius 2 is 1.91 bits per heavy atom. The van der Waals surface area contributed by atoms with Crippen molar-refractivity contribution in [1.82, 2.24) is 5.43 Å². The predicted octanol–water partition coefficient (Wildman–Crippen LogP) is 3.38. The van der Waals surface area contributed by atoms with Crippen LogP contribution in [0.1, 0.15) is 12.5 Å². The Morgan fingerprint density at radius 3 is 2.65 bits per heavy atom. The van der Waals surface area contributed by atoms with Crippen molar-refractivity contribution < 1.29 is 14.3 Å². The molecule has 2 aromatic carbocycles. The first-order valence-corrected chi connectivity index (χ1v) is 7.90. The van der Waals surface area contributed by atoms with E-state index in [0.29, 0.717) is 12.4 Å². The maximum Gasteiger partial charge on any atom is 0.277 e. The van der Waals surface area contributed by atoms with E-state index in [-0.39, 0.29) is 12.5 Å². The van der Waals surface area contributed by atoms with E-state index in [9.17, 15) is 4.79 Å². The standard InChI is InChI=1S/C17H17BrN2O3/c1-2-22-16-6-4-3-5-13(16)11-19-20-17(21)12-23-15-9-7-14(18)8-10-15/h3-11H,2,12H2,1H3,(H,20,21)/b19-11-. The molecule has 0 aliphatic rings. The summed E-state index contributed by atoms with van der Waals surface area (Å²) in [6.07, 6.45) is 1.54. The normalized spacial score (nSPS) is 10.5. The Labute approximate surface area is 143 Å². The molecule has 23 heavy (non-hydrogen) atoms. The first-order valence-electron chi connectivity index (χ1n) is 7.11. The Bertz CT molecular complexity index is 672. The molecule has 6 heteroatoms. The van der Waals surface area contributed by atoms with Crippen LogP contribution in [0.3, 0.4) is 0 Å². The number of ether oxygens (including phenoxy) is 2. The quantitative estimate of drug-likeness (QED) is 0.595. The molecule has 5 nitrogen and oxygen atoms in total. The number of hydrogen-bond acceptors (Lipinski definition) is 4. The van der Waals surface area contributed by atoms with Crippen LogP contribution in [-0.4, -0.2) is 25.3 Å². The van der Waals surface area contributed by atoms with Gasteiger partial charge in [0.05, 0.1) is 12.8 Å². The summed E-state index contributed by atoms with van der Waals surface area (Å²) in [5, 5.41) is 3.92. The molecule has 0 radical (unpaired) electrons. The van der Waals surface area contributed by atoms with Crippen molar-refractivity contribution >= 4 is 28.1 Å². The Kier molecular flexibility index (Phi) is 6.62. The van der Waals surface area contributed by atoms with Crippen LogP contribution in [0.25, 0.3) is 0 Å². The van der Waals surface area contributed by atoms with E-state index in [2.05, 4.69) is 26.5 Å². The highest BCUT2D eigenvalue weighted by Gasteiger charge is 2.02. The molecule has 2 rings (SSSR count). The SMILES string of the molecule is CCOc1ccccc1/C=N\NC(=O)COc1ccc(Br)cc1. The first kappa shape index (κ1) is 17.0. The third-order valence-electron chi connectivity index (χ3n) is 2.80. The van der Waals surface area contributed by atoms with Crippen molar-refractivity contribution in [3.05, 3.63) is 58.6 Å². The van der Waals surface area contributed by atoms with Crippen molar-refractivity contribution in [2.24, 2.45) is 5.10 Å². The van der Waals surface area contributed by atoms with E-state index in [1.165, 1.54) is 0 Å². The summed E-state index contributed by atoms with van der Waals surface area (Å²) < 4.78 is 11.8. The van der Waals surface area contributed by atoms with Gasteiger partial charge in [-0.25, -0.2) is 5.43 Å². The number of rotatable bonds is 7. The molecule has 1 N–H and O–H groups in total. The van der Waals surface area contributed by atoms with Gasteiger partial charge in [0.1, 0.15) is 11.5 Å². The molecule has 0 bridgehead atoms. The summed E-state index contributed by atoms with van der Waals surface area (Å²) in [4.78, 5) is 11.7. The van der Waals surface area contributed by atoms with Gasteiger partial charge in [-0.05, 0) is 43.3 Å². The molecule has 0 aliphatic heterocycles. The van der Waals surface area contributed by atoms with Crippen LogP contribution in [0.4, 0.5) is 0 Å². The van der Waals surface area contributed by atoms with Gasteiger partial charge in [-0.1, -0.05) is 28.1 Å². The average molecular weight is 377 g/mol. The largest absolute Gasteiger partial charge is 0.493 e. The second-order valence-corrected chi connectivity index (χ2v) is 5.42. The Hall–Kier alpha value is -2.34. The van der Waals surface area contributed by atoms with Gasteiger partial charge in [0.15, 0.2) is 6.61 Å². The topological polar surface area (TPSA) is 59.9 Å². The number of carbonyl (C=O) groups is 1. The molecule has 0 spiro atoms. The Balaban J connectivity index is 1.83. The predicted molar refractivity (Wildman–Crippen MR) is 93.0 cm³/mol. The van der Waals surface area contributed by atoms with Crippen LogP contribution in [0.2, 0.25) is 0 Å². The number of para-hydroxylation sites is 1. The maximum atomic E-state index is 11.7. The summed E-state index contributed by atoms with van der Waals surface area (Å²) in [5.41, 5.74) is 3.22. The zero-order chi connectivity index (χ0) is 16.5. The summed E-state index contributed by atoms with van der Waals surface area (Å²) in [6.45, 7) is 2.37. The maximum absolute atomic E-state index is 11.7. The highest BCUT2D eigenvalue weighted by atomic mass is 79.9. The third-order valence-corrected chi connectivity index (χ3v) is 3.32. The molecule has 120 valence electrons. The highest BCUT2D eigenvalue weighted by molar-refractivity contribution is 9.10. The second kappa shape index (κ2) is 8.95. The molecule has 0 saturated heterocycles. The molecule has 0 fully saturated rings. The van der Waals surface area contributed by atoms with Crippen molar-refractivity contribution in [1.29, 1.82) is 0 Å². The third kappa shape index (κ3) is 5.75. The number of carbonyl (C=O) groups excluding carboxylic acids is 1. The fourth-order valence-corrected chi connectivity index (χ4v) is 2.02. The van der Waals surface area contributed by atoms with Crippen molar-refractivity contribution in [3.8, 4) is 11.5 Å². The van der Waals surface area contributed by atoms with E-state index >= 15 is 0 Å². The molecule has 1 amide bonds. The number of benzene rings is 2. The number of hydrazone groups is 1. The minimum absolute atomic E-state index is 0.105. The molecular formula is C17H17BrN2O3. The summed E-state index contributed by atoms with van der Waals surface area (Å²) in [6, 6.07) is 14.7. The number of nitrogens with one attached hydrogen (secondary N) is 1. The van der Waals surface area contributed by atoms with Gasteiger partial charge >= 0.3 is 0 Å². The summed E-state index contributed by atoms with van der Waals surface area (Å²) >= 11 is 3.33. The van der Waals surface area contributed by atoms with Crippen LogP contribution < -0.4 is 14.9 Å². The fourth-order valence-electron chi connectivity index (χ4n) is 1.76. The van der Waals surface area contributed by atoms with Crippen molar-refractivity contribution in [2.45, 2.75) is 6.92 Å². The van der Waals surface area contributed by atoms with Crippen LogP contribution in [0, 0.1) is 0 Å². The lowest BCUT2D eigenvalue weighted by molar-refractivity contribution is -0.123. The number of hydrogen-bond donors (Lipinski definition) is 1. The molecule has 2 aromatic rings. The van der Waals surface area contributed by atoms with E-state index in [1.54, 1.807) is 18.3 Å². The number of amides is 1. The van der Waals surface area contributed by atoms with Crippen LogP contribution >= 0.6 is 15.9 Å². The van der Waals surface area contributed by atoms with Gasteiger partial charge in [-0.15, -0.1) is 0 Å². The molecule has 0 aromatic heterocycles. The van der Waals surface area contributed by atoms with E-state index in [1.807, 2.05) is 43.3 Å². The zero-order valence-electron chi connectivity index (χ0n) is 12.7. The zero-order valence-corrected chi connectivity index (χ0v) is 14.2. The van der Waals surface area contributed by atoms with Gasteiger partial charge in [0, 0.05) is 10.0 Å². The molecular weight excluding hydrogens is 360 g/mol. The van der Waals surface area contributed by atoms with E-state index in [0.717, 1.165) is 15.8 Å². The lowest BCUT2D eigenvalue weighted by Crippen LogP contribution is -2.24. The second-order valence-electron chi connectivity index (χ2n) is 4.51. The van der Waals surface area contributed by atoms with Crippen molar-refractivity contribution in [2.75, 3.05) is 13.2 Å². The van der Waals surface area contributed by atoms with Crippen LogP contribution in [-0.2, 0) is 4.79 Å². The van der Waals surface area contributed by atoms with E-state index < -0.39 is 0 Å². The van der Waals surface area contributed by atoms with Gasteiger partial charge in [-0.3, -0.25) is 4.79 Å². The van der Waals surface area contributed by atoms with Gasteiger partial charge < -0.3 is 9.47 Å². The van der Waals surface area contributed by atoms with Crippen LogP contribution in [0.15, 0.2) is 58.1 Å². The van der Waals surface area contributed by atoms with Gasteiger partial charge in [0.2, 0.25) is 0 Å². The van der Waals surface area contributed by atoms with Gasteiger partial charge in [0.25, 0.3) is 5.91 Å². The van der Waals surface area contributed by atoms with Gasteiger partial charge in [-0.2, -0.15) is 5.10 Å². The molecule has 0 unspecified atom stereocenters. The fraction of sp³-hybridized carbons (Fsp3) is 0.176. The summed E-state index contributed by atoms with van der Waals surface area (Å²) in [5.74, 6) is 1.01. The molecule has 0 heterocycles.